The first-order valence-electron chi connectivity index (χ1n) is 8.19. The van der Waals surface area contributed by atoms with Crippen molar-refractivity contribution in [1.29, 1.82) is 5.26 Å². The van der Waals surface area contributed by atoms with E-state index in [2.05, 4.69) is 31.9 Å². The monoisotopic (exact) mass is 328 g/mol. The van der Waals surface area contributed by atoms with Gasteiger partial charge in [-0.2, -0.15) is 10.4 Å². The molecule has 128 valence electrons. The molecule has 0 spiro atoms. The van der Waals surface area contributed by atoms with Crippen molar-refractivity contribution < 1.29 is 5.11 Å². The maximum atomic E-state index is 9.36. The average Bonchev–Trinajstić information content (AvgIpc) is 2.95. The quantitative estimate of drug-likeness (QED) is 0.527. The lowest BCUT2D eigenvalue weighted by Gasteiger charge is -2.12. The lowest BCUT2D eigenvalue weighted by molar-refractivity contribution is 0.283. The first-order valence-corrected chi connectivity index (χ1v) is 8.19. The number of nitrogens with zero attached hydrogens (tertiary/aromatic N) is 3. The maximum Gasteiger partial charge on any atom is 0.153 e. The highest BCUT2D eigenvalue weighted by atomic mass is 16.2. The van der Waals surface area contributed by atoms with Crippen LogP contribution in [0.1, 0.15) is 42.5 Å². The molecule has 0 saturated heterocycles. The molecule has 2 heterocycles. The summed E-state index contributed by atoms with van der Waals surface area (Å²) in [4.78, 5) is 4.50. The van der Waals surface area contributed by atoms with Gasteiger partial charge in [-0.15, -0.1) is 0 Å². The number of rotatable bonds is 9. The number of unbranched alkanes of at least 4 members (excludes halogenated alkanes) is 3. The third-order valence-electron chi connectivity index (χ3n) is 3.67. The minimum absolute atomic E-state index is 0.243. The molecule has 0 unspecified atom stereocenters. The number of nitriles is 1. The van der Waals surface area contributed by atoms with Gasteiger partial charge in [0.2, 0.25) is 0 Å². The van der Waals surface area contributed by atoms with Crippen LogP contribution in [0.5, 0.6) is 0 Å². The smallest absolute Gasteiger partial charge is 0.153 e. The molecule has 0 bridgehead atoms. The molecule has 0 aromatic carbocycles. The Kier molecular flexibility index (Phi) is 6.58. The summed E-state index contributed by atoms with van der Waals surface area (Å²) >= 11 is 0. The first kappa shape index (κ1) is 17.8. The number of aliphatic hydroxyl groups is 1. The highest BCUT2D eigenvalue weighted by molar-refractivity contribution is 5.63. The summed E-state index contributed by atoms with van der Waals surface area (Å²) < 4.78 is 0. The number of pyridine rings is 1. The second-order valence-corrected chi connectivity index (χ2v) is 5.79. The summed E-state index contributed by atoms with van der Waals surface area (Å²) in [6.45, 7) is 4.82. The number of H-pyrrole nitrogens is 1. The molecule has 0 fully saturated rings. The fraction of sp³-hybridized carbons (Fsp3) is 0.471. The third-order valence-corrected chi connectivity index (χ3v) is 3.67. The van der Waals surface area contributed by atoms with Gasteiger partial charge in [-0.05, 0) is 38.3 Å². The van der Waals surface area contributed by atoms with E-state index in [1.54, 1.807) is 0 Å². The number of hydrogen-bond acceptors (Lipinski definition) is 6. The summed E-state index contributed by atoms with van der Waals surface area (Å²) in [5.41, 5.74) is 2.39. The van der Waals surface area contributed by atoms with Gasteiger partial charge in [0, 0.05) is 24.9 Å². The molecule has 7 nitrogen and oxygen atoms in total. The number of aliphatic hydroxyl groups excluding tert-OH is 1. The summed E-state index contributed by atoms with van der Waals surface area (Å²) in [7, 11) is 0. The Balaban J connectivity index is 2.03. The Bertz CT molecular complexity index is 704. The van der Waals surface area contributed by atoms with E-state index in [4.69, 9.17) is 5.11 Å². The lowest BCUT2D eigenvalue weighted by atomic mass is 10.1. The third kappa shape index (κ3) is 4.96. The normalized spacial score (nSPS) is 10.4. The molecule has 0 saturated carbocycles. The molecule has 2 aromatic heterocycles. The van der Waals surface area contributed by atoms with Gasteiger partial charge in [-0.3, -0.25) is 5.10 Å². The molecule has 2 rings (SSSR count). The van der Waals surface area contributed by atoms with Gasteiger partial charge in [0.1, 0.15) is 17.7 Å². The van der Waals surface area contributed by atoms with Crippen LogP contribution in [0.3, 0.4) is 0 Å². The SMILES string of the molecule is Cc1cc(Nc2cc(C)c(C#N)c(NCCCCCCO)n2)n[nH]1. The highest BCUT2D eigenvalue weighted by Crippen LogP contribution is 2.22. The van der Waals surface area contributed by atoms with E-state index in [1.165, 1.54) is 0 Å². The summed E-state index contributed by atoms with van der Waals surface area (Å²) in [6.07, 6.45) is 3.86. The van der Waals surface area contributed by atoms with Crippen LogP contribution in [0.4, 0.5) is 17.5 Å². The zero-order valence-corrected chi connectivity index (χ0v) is 14.2. The van der Waals surface area contributed by atoms with E-state index in [-0.39, 0.29) is 6.61 Å². The van der Waals surface area contributed by atoms with Gasteiger partial charge >= 0.3 is 0 Å². The Labute approximate surface area is 142 Å². The van der Waals surface area contributed by atoms with Crippen molar-refractivity contribution in [2.45, 2.75) is 39.5 Å². The van der Waals surface area contributed by atoms with Gasteiger partial charge in [0.15, 0.2) is 5.82 Å². The summed E-state index contributed by atoms with van der Waals surface area (Å²) in [5.74, 6) is 1.94. The molecule has 4 N–H and O–H groups in total. The molecule has 24 heavy (non-hydrogen) atoms. The van der Waals surface area contributed by atoms with E-state index in [1.807, 2.05) is 26.0 Å². The zero-order chi connectivity index (χ0) is 17.4. The van der Waals surface area contributed by atoms with Crippen LogP contribution >= 0.6 is 0 Å². The Morgan fingerprint density at radius 2 is 1.96 bits per heavy atom. The average molecular weight is 328 g/mol. The second-order valence-electron chi connectivity index (χ2n) is 5.79. The Morgan fingerprint density at radius 1 is 1.17 bits per heavy atom. The van der Waals surface area contributed by atoms with E-state index in [0.29, 0.717) is 23.0 Å². The molecule has 2 aromatic rings. The van der Waals surface area contributed by atoms with E-state index in [0.717, 1.165) is 43.5 Å². The van der Waals surface area contributed by atoms with Crippen molar-refractivity contribution in [3.63, 3.8) is 0 Å². The predicted molar refractivity (Wildman–Crippen MR) is 94.3 cm³/mol. The lowest BCUT2D eigenvalue weighted by Crippen LogP contribution is -2.08. The number of aryl methyl sites for hydroxylation is 2. The molecule has 0 aliphatic heterocycles. The van der Waals surface area contributed by atoms with Crippen LogP contribution < -0.4 is 10.6 Å². The van der Waals surface area contributed by atoms with E-state index >= 15 is 0 Å². The van der Waals surface area contributed by atoms with Crippen molar-refractivity contribution in [3.05, 3.63) is 29.0 Å². The van der Waals surface area contributed by atoms with Gasteiger partial charge < -0.3 is 15.7 Å². The Hall–Kier alpha value is -2.59. The first-order chi connectivity index (χ1) is 11.6. The minimum Gasteiger partial charge on any atom is -0.396 e. The number of aromatic nitrogens is 3. The van der Waals surface area contributed by atoms with Gasteiger partial charge in [-0.25, -0.2) is 4.98 Å². The highest BCUT2D eigenvalue weighted by Gasteiger charge is 2.10. The van der Waals surface area contributed by atoms with Gasteiger partial charge in [0.05, 0.1) is 5.56 Å². The van der Waals surface area contributed by atoms with Crippen molar-refractivity contribution >= 4 is 17.5 Å². The molecular weight excluding hydrogens is 304 g/mol. The van der Waals surface area contributed by atoms with E-state index in [9.17, 15) is 5.26 Å². The summed E-state index contributed by atoms with van der Waals surface area (Å²) in [6, 6.07) is 5.95. The zero-order valence-electron chi connectivity index (χ0n) is 14.2. The number of anilines is 3. The van der Waals surface area contributed by atoms with Crippen LogP contribution in [-0.4, -0.2) is 33.4 Å². The number of nitrogens with one attached hydrogen (secondary N) is 3. The number of hydrogen-bond donors (Lipinski definition) is 4. The van der Waals surface area contributed by atoms with E-state index < -0.39 is 0 Å². The van der Waals surface area contributed by atoms with Gasteiger partial charge in [-0.1, -0.05) is 12.8 Å². The fourth-order valence-corrected chi connectivity index (χ4v) is 2.42. The fourth-order valence-electron chi connectivity index (χ4n) is 2.42. The van der Waals surface area contributed by atoms with Crippen LogP contribution in [0.2, 0.25) is 0 Å². The van der Waals surface area contributed by atoms with Crippen LogP contribution in [-0.2, 0) is 0 Å². The largest absolute Gasteiger partial charge is 0.396 e. The molecule has 0 aliphatic carbocycles. The second kappa shape index (κ2) is 8.89. The predicted octanol–water partition coefficient (Wildman–Crippen LogP) is 3.00. The molecule has 0 aliphatic rings. The molecule has 0 atom stereocenters. The molecular formula is C17H24N6O. The Morgan fingerprint density at radius 3 is 2.62 bits per heavy atom. The summed E-state index contributed by atoms with van der Waals surface area (Å²) in [5, 5.41) is 31.5. The standard InChI is InChI=1S/C17H24N6O/c1-12-9-15(20-16-10-13(2)22-23-16)21-17(14(12)11-18)19-7-5-3-4-6-8-24/h9-10,24H,3-8H2,1-2H3,(H3,19,20,21,22,23). The molecule has 0 amide bonds. The van der Waals surface area contributed by atoms with Crippen LogP contribution in [0, 0.1) is 25.2 Å². The topological polar surface area (TPSA) is 110 Å². The van der Waals surface area contributed by atoms with Crippen LogP contribution in [0.25, 0.3) is 0 Å². The van der Waals surface area contributed by atoms with Crippen LogP contribution in [0.15, 0.2) is 12.1 Å². The molecule has 7 heteroatoms. The number of aromatic amines is 1. The molecule has 0 radical (unpaired) electrons. The van der Waals surface area contributed by atoms with Crippen molar-refractivity contribution in [2.24, 2.45) is 0 Å². The maximum absolute atomic E-state index is 9.36. The minimum atomic E-state index is 0.243. The van der Waals surface area contributed by atoms with Crippen molar-refractivity contribution in [1.82, 2.24) is 15.2 Å². The van der Waals surface area contributed by atoms with Crippen molar-refractivity contribution in [2.75, 3.05) is 23.8 Å². The van der Waals surface area contributed by atoms with Gasteiger partial charge in [0.25, 0.3) is 0 Å². The van der Waals surface area contributed by atoms with Crippen molar-refractivity contribution in [3.8, 4) is 6.07 Å².